The highest BCUT2D eigenvalue weighted by Gasteiger charge is 2.21. The number of aromatic nitrogens is 1. The Kier molecular flexibility index (Phi) is 4.97. The van der Waals surface area contributed by atoms with Gasteiger partial charge in [0.15, 0.2) is 0 Å². The molecular formula is C15H21N3O4. The van der Waals surface area contributed by atoms with Crippen LogP contribution in [0.15, 0.2) is 17.1 Å². The molecule has 0 saturated carbocycles. The monoisotopic (exact) mass is 307 g/mol. The molecule has 0 aromatic carbocycles. The molecule has 0 atom stereocenters. The lowest BCUT2D eigenvalue weighted by Crippen LogP contribution is -2.41. The van der Waals surface area contributed by atoms with Gasteiger partial charge in [-0.15, -0.1) is 0 Å². The first-order valence-corrected chi connectivity index (χ1v) is 7.28. The van der Waals surface area contributed by atoms with E-state index >= 15 is 0 Å². The zero-order valence-electron chi connectivity index (χ0n) is 13.1. The molecule has 2 rings (SSSR count). The van der Waals surface area contributed by atoms with Gasteiger partial charge in [-0.2, -0.15) is 0 Å². The van der Waals surface area contributed by atoms with E-state index in [-0.39, 0.29) is 29.0 Å². The molecule has 22 heavy (non-hydrogen) atoms. The molecule has 1 aromatic heterocycles. The molecule has 1 aliphatic rings. The highest BCUT2D eigenvalue weighted by molar-refractivity contribution is 5.97. The summed E-state index contributed by atoms with van der Waals surface area (Å²) in [5.74, 6) is -0.671. The number of pyridine rings is 1. The van der Waals surface area contributed by atoms with Crippen LogP contribution in [0.1, 0.15) is 24.2 Å². The molecule has 1 saturated heterocycles. The third kappa shape index (κ3) is 3.54. The Labute approximate surface area is 128 Å². The fourth-order valence-corrected chi connectivity index (χ4v) is 2.14. The van der Waals surface area contributed by atoms with E-state index in [1.54, 1.807) is 25.8 Å². The predicted octanol–water partition coefficient (Wildman–Crippen LogP) is 0.452. The zero-order valence-corrected chi connectivity index (χ0v) is 13.1. The second-order valence-corrected chi connectivity index (χ2v) is 5.61. The van der Waals surface area contributed by atoms with Crippen molar-refractivity contribution in [3.05, 3.63) is 28.2 Å². The van der Waals surface area contributed by atoms with Gasteiger partial charge < -0.3 is 19.5 Å². The van der Waals surface area contributed by atoms with E-state index in [0.29, 0.717) is 31.9 Å². The van der Waals surface area contributed by atoms with Crippen LogP contribution in [0.3, 0.4) is 0 Å². The minimum absolute atomic E-state index is 0.125. The number of anilines is 1. The number of aryl methyl sites for hydroxylation is 1. The van der Waals surface area contributed by atoms with Gasteiger partial charge in [0.2, 0.25) is 5.91 Å². The summed E-state index contributed by atoms with van der Waals surface area (Å²) < 4.78 is 6.53. The van der Waals surface area contributed by atoms with Crippen molar-refractivity contribution in [3.8, 4) is 0 Å². The molecule has 1 N–H and O–H groups in total. The lowest BCUT2D eigenvalue weighted by Gasteiger charge is -2.27. The number of carbonyl (C=O) groups excluding carboxylic acids is 2. The lowest BCUT2D eigenvalue weighted by atomic mass is 10.2. The van der Waals surface area contributed by atoms with Gasteiger partial charge in [0.25, 0.3) is 11.5 Å². The minimum atomic E-state index is -0.340. The SMILES string of the molecule is CC(C)C(=O)Nc1cc(C(=O)N2CCOCC2)cn(C)c1=O. The van der Waals surface area contributed by atoms with Crippen molar-refractivity contribution in [2.45, 2.75) is 13.8 Å². The van der Waals surface area contributed by atoms with Crippen molar-refractivity contribution >= 4 is 17.5 Å². The molecule has 0 radical (unpaired) electrons. The van der Waals surface area contributed by atoms with E-state index in [9.17, 15) is 14.4 Å². The highest BCUT2D eigenvalue weighted by Crippen LogP contribution is 2.11. The molecule has 0 aliphatic carbocycles. The normalized spacial score (nSPS) is 15.0. The Hall–Kier alpha value is -2.15. The quantitative estimate of drug-likeness (QED) is 0.879. The van der Waals surface area contributed by atoms with Gasteiger partial charge >= 0.3 is 0 Å². The van der Waals surface area contributed by atoms with E-state index in [1.165, 1.54) is 16.8 Å². The molecule has 2 amide bonds. The van der Waals surface area contributed by atoms with Gasteiger partial charge in [0, 0.05) is 32.3 Å². The third-order valence-corrected chi connectivity index (χ3v) is 3.51. The van der Waals surface area contributed by atoms with Crippen LogP contribution in [-0.4, -0.2) is 47.6 Å². The minimum Gasteiger partial charge on any atom is -0.378 e. The first-order chi connectivity index (χ1) is 10.4. The molecule has 2 heterocycles. The summed E-state index contributed by atoms with van der Waals surface area (Å²) in [6.45, 7) is 5.54. The molecule has 0 spiro atoms. The van der Waals surface area contributed by atoms with Crippen molar-refractivity contribution in [2.24, 2.45) is 13.0 Å². The van der Waals surface area contributed by atoms with Crippen LogP contribution in [0.25, 0.3) is 0 Å². The fourth-order valence-electron chi connectivity index (χ4n) is 2.14. The molecule has 1 aliphatic heterocycles. The van der Waals surface area contributed by atoms with Gasteiger partial charge in [-0.3, -0.25) is 14.4 Å². The van der Waals surface area contributed by atoms with Crippen LogP contribution in [0, 0.1) is 5.92 Å². The van der Waals surface area contributed by atoms with Crippen molar-refractivity contribution < 1.29 is 14.3 Å². The van der Waals surface area contributed by atoms with Gasteiger partial charge in [0.05, 0.1) is 18.8 Å². The molecular weight excluding hydrogens is 286 g/mol. The number of rotatable bonds is 3. The summed E-state index contributed by atoms with van der Waals surface area (Å²) in [7, 11) is 1.56. The number of nitrogens with one attached hydrogen (secondary N) is 1. The number of amides is 2. The van der Waals surface area contributed by atoms with E-state index in [1.807, 2.05) is 0 Å². The molecule has 0 unspecified atom stereocenters. The molecule has 7 heteroatoms. The number of nitrogens with zero attached hydrogens (tertiary/aromatic N) is 2. The summed E-state index contributed by atoms with van der Waals surface area (Å²) in [6.07, 6.45) is 1.49. The largest absolute Gasteiger partial charge is 0.378 e. The second-order valence-electron chi connectivity index (χ2n) is 5.61. The Morgan fingerprint density at radius 3 is 2.50 bits per heavy atom. The van der Waals surface area contributed by atoms with Crippen LogP contribution < -0.4 is 10.9 Å². The first kappa shape index (κ1) is 16.2. The molecule has 1 fully saturated rings. The average molecular weight is 307 g/mol. The number of hydrogen-bond donors (Lipinski definition) is 1. The Morgan fingerprint density at radius 2 is 1.91 bits per heavy atom. The van der Waals surface area contributed by atoms with Crippen molar-refractivity contribution in [1.82, 2.24) is 9.47 Å². The number of ether oxygens (including phenoxy) is 1. The van der Waals surface area contributed by atoms with Gasteiger partial charge in [-0.25, -0.2) is 0 Å². The van der Waals surface area contributed by atoms with Crippen LogP contribution in [0.4, 0.5) is 5.69 Å². The highest BCUT2D eigenvalue weighted by atomic mass is 16.5. The molecule has 120 valence electrons. The number of hydrogen-bond acceptors (Lipinski definition) is 4. The van der Waals surface area contributed by atoms with Crippen LogP contribution >= 0.6 is 0 Å². The maximum absolute atomic E-state index is 12.5. The standard InChI is InChI=1S/C15H21N3O4/c1-10(2)13(19)16-12-8-11(9-17(3)15(12)21)14(20)18-4-6-22-7-5-18/h8-10H,4-7H2,1-3H3,(H,16,19). The Morgan fingerprint density at radius 1 is 1.27 bits per heavy atom. The number of carbonyl (C=O) groups is 2. The van der Waals surface area contributed by atoms with Crippen molar-refractivity contribution in [2.75, 3.05) is 31.6 Å². The van der Waals surface area contributed by atoms with E-state index in [0.717, 1.165) is 0 Å². The van der Waals surface area contributed by atoms with Crippen molar-refractivity contribution in [1.29, 1.82) is 0 Å². The maximum atomic E-state index is 12.5. The smallest absolute Gasteiger partial charge is 0.274 e. The van der Waals surface area contributed by atoms with E-state index in [4.69, 9.17) is 4.74 Å². The van der Waals surface area contributed by atoms with Gasteiger partial charge in [0.1, 0.15) is 5.69 Å². The Bertz CT molecular complexity index is 630. The maximum Gasteiger partial charge on any atom is 0.274 e. The summed E-state index contributed by atoms with van der Waals surface area (Å²) in [4.78, 5) is 38.0. The third-order valence-electron chi connectivity index (χ3n) is 3.51. The summed E-state index contributed by atoms with van der Waals surface area (Å²) in [5.41, 5.74) is 0.163. The molecule has 0 bridgehead atoms. The summed E-state index contributed by atoms with van der Waals surface area (Å²) in [5, 5.41) is 2.58. The predicted molar refractivity (Wildman–Crippen MR) is 81.9 cm³/mol. The second kappa shape index (κ2) is 6.74. The number of morpholine rings is 1. The van der Waals surface area contributed by atoms with Gasteiger partial charge in [-0.1, -0.05) is 13.8 Å². The van der Waals surface area contributed by atoms with E-state index in [2.05, 4.69) is 5.32 Å². The fraction of sp³-hybridized carbons (Fsp3) is 0.533. The van der Waals surface area contributed by atoms with Gasteiger partial charge in [-0.05, 0) is 6.07 Å². The van der Waals surface area contributed by atoms with Crippen LogP contribution in [-0.2, 0) is 16.6 Å². The Balaban J connectivity index is 2.29. The van der Waals surface area contributed by atoms with Crippen LogP contribution in [0.2, 0.25) is 0 Å². The summed E-state index contributed by atoms with van der Waals surface area (Å²) in [6, 6.07) is 1.44. The topological polar surface area (TPSA) is 80.6 Å². The van der Waals surface area contributed by atoms with E-state index < -0.39 is 0 Å². The van der Waals surface area contributed by atoms with Crippen LogP contribution in [0.5, 0.6) is 0 Å². The average Bonchev–Trinajstić information content (AvgIpc) is 2.51. The first-order valence-electron chi connectivity index (χ1n) is 7.28. The molecule has 7 nitrogen and oxygen atoms in total. The lowest BCUT2D eigenvalue weighted by molar-refractivity contribution is -0.118. The van der Waals surface area contributed by atoms with Crippen molar-refractivity contribution in [3.63, 3.8) is 0 Å². The summed E-state index contributed by atoms with van der Waals surface area (Å²) >= 11 is 0. The molecule has 1 aromatic rings. The zero-order chi connectivity index (χ0) is 16.3.